The fraction of sp³-hybridized carbons (Fsp3) is 0.703. The van der Waals surface area contributed by atoms with Gasteiger partial charge in [0.2, 0.25) is 5.91 Å². The Kier molecular flexibility index (Phi) is 13.5. The van der Waals surface area contributed by atoms with Crippen LogP contribution in [0.15, 0.2) is 23.8 Å². The smallest absolute Gasteiger partial charge is 0.303 e. The monoisotopic (exact) mass is 726 g/mol. The normalized spacial score (nSPS) is 22.8. The molecule has 50 heavy (non-hydrogen) atoms. The Bertz CT molecular complexity index is 1460. The number of carbonyl (C=O) groups is 4. The van der Waals surface area contributed by atoms with Crippen molar-refractivity contribution in [1.82, 2.24) is 30.1 Å². The van der Waals surface area contributed by atoms with Crippen molar-refractivity contribution in [2.24, 2.45) is 29.6 Å². The summed E-state index contributed by atoms with van der Waals surface area (Å²) in [5, 5.41) is 5.31. The first kappa shape index (κ1) is 38.3. The molecule has 4 aliphatic rings. The molecule has 13 heteroatoms. The zero-order chi connectivity index (χ0) is 35.9. The molecule has 2 bridgehead atoms. The van der Waals surface area contributed by atoms with Crippen LogP contribution in [0.5, 0.6) is 0 Å². The minimum absolute atomic E-state index is 0.0160. The highest BCUT2D eigenvalue weighted by atomic mass is 32.2. The van der Waals surface area contributed by atoms with Crippen LogP contribution in [-0.4, -0.2) is 98.1 Å². The van der Waals surface area contributed by atoms with Crippen molar-refractivity contribution in [3.05, 3.63) is 40.4 Å². The molecule has 4 saturated heterocycles. The Labute approximate surface area is 305 Å². The molecule has 11 nitrogen and oxygen atoms in total. The molecule has 0 aromatic carbocycles. The maximum absolute atomic E-state index is 14.3. The number of nitrogens with zero attached hydrogens (tertiary/aromatic N) is 5. The van der Waals surface area contributed by atoms with Crippen molar-refractivity contribution in [2.75, 3.05) is 31.6 Å². The number of rotatable bonds is 17. The molecule has 1 N–H and O–H groups in total. The fourth-order valence-electron chi connectivity index (χ4n) is 7.73. The van der Waals surface area contributed by atoms with Crippen LogP contribution in [0.1, 0.15) is 101 Å². The van der Waals surface area contributed by atoms with Gasteiger partial charge in [0.05, 0.1) is 6.04 Å². The summed E-state index contributed by atoms with van der Waals surface area (Å²) < 4.78 is 5.83. The molecule has 2 amide bonds. The van der Waals surface area contributed by atoms with Gasteiger partial charge < -0.3 is 15.0 Å². The number of thioether (sulfide) groups is 1. The highest BCUT2D eigenvalue weighted by Gasteiger charge is 2.43. The summed E-state index contributed by atoms with van der Waals surface area (Å²) in [7, 11) is 1.82. The van der Waals surface area contributed by atoms with Crippen molar-refractivity contribution in [2.45, 2.75) is 104 Å². The summed E-state index contributed by atoms with van der Waals surface area (Å²) in [6.45, 7) is 11.6. The van der Waals surface area contributed by atoms with E-state index >= 15 is 0 Å². The number of esters is 1. The van der Waals surface area contributed by atoms with Crippen LogP contribution in [0.25, 0.3) is 0 Å². The van der Waals surface area contributed by atoms with Gasteiger partial charge in [0.25, 0.3) is 5.91 Å². The van der Waals surface area contributed by atoms with Gasteiger partial charge in [0, 0.05) is 69.0 Å². The van der Waals surface area contributed by atoms with E-state index in [1.54, 1.807) is 28.7 Å². The maximum Gasteiger partial charge on any atom is 0.303 e. The number of hydrogen-bond acceptors (Lipinski definition) is 11. The minimum atomic E-state index is -0.740. The quantitative estimate of drug-likeness (QED) is 0.216. The number of aromatic nitrogens is 3. The van der Waals surface area contributed by atoms with E-state index in [0.717, 1.165) is 37.4 Å². The molecule has 4 aliphatic heterocycles. The molecule has 6 rings (SSSR count). The number of amides is 2. The van der Waals surface area contributed by atoms with E-state index in [1.807, 2.05) is 18.8 Å². The van der Waals surface area contributed by atoms with Crippen molar-refractivity contribution in [3.63, 3.8) is 0 Å². The number of piperidine rings is 3. The largest absolute Gasteiger partial charge is 0.455 e. The highest BCUT2D eigenvalue weighted by Crippen LogP contribution is 2.39. The van der Waals surface area contributed by atoms with Gasteiger partial charge in [-0.2, -0.15) is 11.8 Å². The number of thiazole rings is 1. The summed E-state index contributed by atoms with van der Waals surface area (Å²) in [4.78, 5) is 71.2. The molecule has 0 radical (unpaired) electrons. The predicted octanol–water partition coefficient (Wildman–Crippen LogP) is 5.22. The fourth-order valence-corrected chi connectivity index (χ4v) is 9.55. The molecule has 5 atom stereocenters. The van der Waals surface area contributed by atoms with Gasteiger partial charge in [0.1, 0.15) is 16.5 Å². The zero-order valence-electron chi connectivity index (χ0n) is 30.4. The van der Waals surface area contributed by atoms with Crippen molar-refractivity contribution >= 4 is 46.7 Å². The van der Waals surface area contributed by atoms with Crippen LogP contribution in [0.4, 0.5) is 0 Å². The number of ketones is 1. The number of Topliss-reactive ketones (excluding diaryl/α,β-unsaturated/α-hetero) is 1. The van der Waals surface area contributed by atoms with Crippen LogP contribution in [0.2, 0.25) is 0 Å². The highest BCUT2D eigenvalue weighted by molar-refractivity contribution is 8.00. The van der Waals surface area contributed by atoms with Gasteiger partial charge in [-0.15, -0.1) is 11.3 Å². The third-order valence-electron chi connectivity index (χ3n) is 10.5. The van der Waals surface area contributed by atoms with E-state index in [4.69, 9.17) is 4.74 Å². The van der Waals surface area contributed by atoms with E-state index < -0.39 is 12.1 Å². The van der Waals surface area contributed by atoms with E-state index in [2.05, 4.69) is 52.9 Å². The van der Waals surface area contributed by atoms with Crippen molar-refractivity contribution in [1.29, 1.82) is 0 Å². The second-order valence-electron chi connectivity index (χ2n) is 15.1. The molecule has 2 aromatic rings. The molecule has 6 heterocycles. The first-order valence-electron chi connectivity index (χ1n) is 18.2. The molecule has 0 saturated carbocycles. The second kappa shape index (κ2) is 17.5. The van der Waals surface area contributed by atoms with E-state index in [9.17, 15) is 19.2 Å². The first-order chi connectivity index (χ1) is 23.9. The number of fused-ring (bicyclic) bond motifs is 3. The van der Waals surface area contributed by atoms with E-state index in [1.165, 1.54) is 31.1 Å². The van der Waals surface area contributed by atoms with E-state index in [-0.39, 0.29) is 65.6 Å². The summed E-state index contributed by atoms with van der Waals surface area (Å²) in [5.41, 5.74) is 0.253. The first-order valence-corrected chi connectivity index (χ1v) is 20.2. The van der Waals surface area contributed by atoms with E-state index in [0.29, 0.717) is 35.5 Å². The molecule has 0 spiro atoms. The molecule has 274 valence electrons. The zero-order valence-corrected chi connectivity index (χ0v) is 32.0. The molecule has 2 aromatic heterocycles. The third kappa shape index (κ3) is 9.91. The van der Waals surface area contributed by atoms with Gasteiger partial charge >= 0.3 is 5.97 Å². The Balaban J connectivity index is 1.28. The average Bonchev–Trinajstić information content (AvgIpc) is 3.56. The van der Waals surface area contributed by atoms with Gasteiger partial charge in [-0.05, 0) is 80.0 Å². The summed E-state index contributed by atoms with van der Waals surface area (Å²) in [6.07, 6.45) is 7.75. The molecule has 0 unspecified atom stereocenters. The summed E-state index contributed by atoms with van der Waals surface area (Å²) >= 11 is 3.09. The molecular formula is C37H54N6O5S2. The predicted molar refractivity (Wildman–Crippen MR) is 196 cm³/mol. The van der Waals surface area contributed by atoms with Crippen LogP contribution in [0, 0.1) is 29.6 Å². The SMILES string of the molecule is CC(=O)O[C@H](C[C@H](C(C)C)N(C)C(=O)[C@@H](CC(=O)[C@H]1CC2CCN1CC2)C1CSC1)c1nc(C(=O)N[C@@H](Cc2ncccn2)CC(C)C)cs1. The third-order valence-corrected chi connectivity index (χ3v) is 12.8. The van der Waals surface area contributed by atoms with Crippen molar-refractivity contribution in [3.8, 4) is 0 Å². The molecular weight excluding hydrogens is 673 g/mol. The van der Waals surface area contributed by atoms with Crippen molar-refractivity contribution < 1.29 is 23.9 Å². The average molecular weight is 727 g/mol. The minimum Gasteiger partial charge on any atom is -0.455 e. The number of nitrogens with one attached hydrogen (secondary N) is 1. The lowest BCUT2D eigenvalue weighted by Crippen LogP contribution is -2.54. The topological polar surface area (TPSA) is 135 Å². The van der Waals surface area contributed by atoms with Gasteiger partial charge in [-0.1, -0.05) is 27.7 Å². The summed E-state index contributed by atoms with van der Waals surface area (Å²) in [5.74, 6) is 2.67. The number of ether oxygens (including phenoxy) is 1. The Morgan fingerprint density at radius 1 is 1.06 bits per heavy atom. The molecule has 0 aliphatic carbocycles. The van der Waals surface area contributed by atoms with Crippen LogP contribution >= 0.6 is 23.1 Å². The standard InChI is InChI=1S/C37H54N6O5S2/c1-22(2)14-27(16-34-38-10-7-11-39-34)40-35(46)29-21-50-36(41-29)33(48-24(5)44)18-30(23(3)4)42(6)37(47)28(26-19-49-20-26)17-32(45)31-15-25-8-12-43(31)13-9-25/h7,10-11,21-23,25-28,30-31,33H,8-9,12-20H2,1-6H3,(H,40,46)/t27-,28+,30-,31-,33-/m1/s1. The second-order valence-corrected chi connectivity index (χ2v) is 17.1. The van der Waals surface area contributed by atoms with Crippen LogP contribution in [0.3, 0.4) is 0 Å². The lowest BCUT2D eigenvalue weighted by Gasteiger charge is -2.45. The Morgan fingerprint density at radius 2 is 1.76 bits per heavy atom. The lowest BCUT2D eigenvalue weighted by atomic mass is 9.78. The maximum atomic E-state index is 14.3. The summed E-state index contributed by atoms with van der Waals surface area (Å²) in [6, 6.07) is 1.24. The number of carbonyl (C=O) groups excluding carboxylic acids is 4. The van der Waals surface area contributed by atoms with Crippen LogP contribution in [-0.2, 0) is 25.5 Å². The Hall–Kier alpha value is -2.90. The Morgan fingerprint density at radius 3 is 2.32 bits per heavy atom. The number of hydrogen-bond donors (Lipinski definition) is 1. The van der Waals surface area contributed by atoms with Gasteiger partial charge in [-0.25, -0.2) is 15.0 Å². The molecule has 4 fully saturated rings. The lowest BCUT2D eigenvalue weighted by molar-refractivity contribution is -0.149. The van der Waals surface area contributed by atoms with Crippen LogP contribution < -0.4 is 5.32 Å². The van der Waals surface area contributed by atoms with Gasteiger partial charge in [0.15, 0.2) is 11.9 Å². The van der Waals surface area contributed by atoms with Gasteiger partial charge in [-0.3, -0.25) is 24.1 Å².